The van der Waals surface area contributed by atoms with E-state index in [0.717, 1.165) is 5.76 Å². The van der Waals surface area contributed by atoms with Crippen molar-refractivity contribution in [1.82, 2.24) is 14.7 Å². The predicted octanol–water partition coefficient (Wildman–Crippen LogP) is 5.00. The van der Waals surface area contributed by atoms with Crippen molar-refractivity contribution < 1.29 is 8.81 Å². The van der Waals surface area contributed by atoms with E-state index in [1.54, 1.807) is 22.9 Å². The lowest BCUT2D eigenvalue weighted by atomic mass is 10.3. The van der Waals surface area contributed by atoms with Crippen molar-refractivity contribution in [1.29, 1.82) is 0 Å². The van der Waals surface area contributed by atoms with Gasteiger partial charge in [0, 0.05) is 0 Å². The first-order chi connectivity index (χ1) is 11.5. The highest BCUT2D eigenvalue weighted by atomic mass is 79.9. The van der Waals surface area contributed by atoms with Gasteiger partial charge in [-0.3, -0.25) is 4.90 Å². The SMILES string of the molecule is CN(Cc1ccc(Br)o1)Cn1nc(Nc2ccccc2F)sc1=S. The molecule has 0 saturated carbocycles. The maximum absolute atomic E-state index is 13.7. The third-order valence-electron chi connectivity index (χ3n) is 3.15. The number of nitrogens with zero attached hydrogens (tertiary/aromatic N) is 3. The second kappa shape index (κ2) is 7.56. The molecule has 0 aliphatic heterocycles. The van der Waals surface area contributed by atoms with Crippen molar-refractivity contribution in [2.45, 2.75) is 13.2 Å². The van der Waals surface area contributed by atoms with Crippen LogP contribution in [0, 0.1) is 9.77 Å². The molecular formula is C15H14BrFN4OS2. The topological polar surface area (TPSA) is 46.2 Å². The molecule has 0 amide bonds. The van der Waals surface area contributed by atoms with Gasteiger partial charge in [0.1, 0.15) is 11.6 Å². The molecule has 9 heteroatoms. The summed E-state index contributed by atoms with van der Waals surface area (Å²) in [7, 11) is 1.95. The van der Waals surface area contributed by atoms with Gasteiger partial charge in [0.15, 0.2) is 8.62 Å². The van der Waals surface area contributed by atoms with Crippen LogP contribution in [0.5, 0.6) is 0 Å². The van der Waals surface area contributed by atoms with Gasteiger partial charge in [0.25, 0.3) is 0 Å². The van der Waals surface area contributed by atoms with Crippen LogP contribution >= 0.6 is 39.5 Å². The van der Waals surface area contributed by atoms with Crippen LogP contribution in [0.15, 0.2) is 45.5 Å². The van der Waals surface area contributed by atoms with Crippen molar-refractivity contribution >= 4 is 50.3 Å². The Bertz CT molecular complexity index is 891. The molecule has 2 heterocycles. The van der Waals surface area contributed by atoms with E-state index in [0.29, 0.717) is 32.7 Å². The van der Waals surface area contributed by atoms with Crippen LogP contribution in [0.3, 0.4) is 0 Å². The average Bonchev–Trinajstić information content (AvgIpc) is 3.08. The van der Waals surface area contributed by atoms with Crippen molar-refractivity contribution in [2.24, 2.45) is 0 Å². The number of furan rings is 1. The molecule has 1 aromatic carbocycles. The van der Waals surface area contributed by atoms with E-state index >= 15 is 0 Å². The Morgan fingerprint density at radius 1 is 1.38 bits per heavy atom. The predicted molar refractivity (Wildman–Crippen MR) is 98.5 cm³/mol. The fourth-order valence-electron chi connectivity index (χ4n) is 2.11. The number of nitrogens with one attached hydrogen (secondary N) is 1. The summed E-state index contributed by atoms with van der Waals surface area (Å²) in [5.41, 5.74) is 0.377. The smallest absolute Gasteiger partial charge is 0.209 e. The molecule has 24 heavy (non-hydrogen) atoms. The van der Waals surface area contributed by atoms with E-state index in [2.05, 4.69) is 26.3 Å². The standard InChI is InChI=1S/C15H14BrFN4OS2/c1-20(8-10-6-7-13(16)22-10)9-21-15(23)24-14(19-21)18-12-5-3-2-4-11(12)17/h2-7H,8-9H2,1H3,(H,18,19). The quantitative estimate of drug-likeness (QED) is 0.559. The van der Waals surface area contributed by atoms with Gasteiger partial charge in [-0.15, -0.1) is 5.10 Å². The van der Waals surface area contributed by atoms with Gasteiger partial charge in [-0.25, -0.2) is 9.07 Å². The first kappa shape index (κ1) is 17.3. The number of anilines is 2. The maximum Gasteiger partial charge on any atom is 0.209 e. The molecular weight excluding hydrogens is 415 g/mol. The lowest BCUT2D eigenvalue weighted by molar-refractivity contribution is 0.226. The van der Waals surface area contributed by atoms with Crippen LogP contribution in [0.1, 0.15) is 5.76 Å². The normalized spacial score (nSPS) is 11.2. The fraction of sp³-hybridized carbons (Fsp3) is 0.200. The Labute approximate surface area is 155 Å². The van der Waals surface area contributed by atoms with E-state index in [1.165, 1.54) is 17.4 Å². The first-order valence-electron chi connectivity index (χ1n) is 7.03. The van der Waals surface area contributed by atoms with Crippen molar-refractivity contribution in [3.63, 3.8) is 0 Å². The number of benzene rings is 1. The number of hydrogen-bond donors (Lipinski definition) is 1. The van der Waals surface area contributed by atoms with Crippen LogP contribution < -0.4 is 5.32 Å². The van der Waals surface area contributed by atoms with Crippen LogP contribution in [0.2, 0.25) is 0 Å². The minimum absolute atomic E-state index is 0.328. The van der Waals surface area contributed by atoms with Crippen LogP contribution in [-0.2, 0) is 13.2 Å². The number of aromatic nitrogens is 2. The highest BCUT2D eigenvalue weighted by Gasteiger charge is 2.10. The molecule has 0 radical (unpaired) electrons. The Morgan fingerprint density at radius 3 is 2.88 bits per heavy atom. The number of para-hydroxylation sites is 1. The Morgan fingerprint density at radius 2 is 2.17 bits per heavy atom. The van der Waals surface area contributed by atoms with E-state index in [4.69, 9.17) is 16.6 Å². The minimum Gasteiger partial charge on any atom is -0.453 e. The van der Waals surface area contributed by atoms with Gasteiger partial charge in [0.05, 0.1) is 18.9 Å². The van der Waals surface area contributed by atoms with Crippen LogP contribution in [0.25, 0.3) is 0 Å². The second-order valence-corrected chi connectivity index (χ2v) is 7.54. The van der Waals surface area contributed by atoms with Gasteiger partial charge in [0.2, 0.25) is 5.13 Å². The molecule has 5 nitrogen and oxygen atoms in total. The van der Waals surface area contributed by atoms with Crippen molar-refractivity contribution in [3.05, 3.63) is 56.6 Å². The summed E-state index contributed by atoms with van der Waals surface area (Å²) < 4.78 is 22.2. The van der Waals surface area contributed by atoms with E-state index in [-0.39, 0.29) is 5.82 Å². The van der Waals surface area contributed by atoms with Crippen LogP contribution in [0.4, 0.5) is 15.2 Å². The summed E-state index contributed by atoms with van der Waals surface area (Å²) in [5.74, 6) is 0.515. The molecule has 3 aromatic rings. The number of hydrogen-bond acceptors (Lipinski definition) is 6. The molecule has 2 aromatic heterocycles. The summed E-state index contributed by atoms with van der Waals surface area (Å²) in [6.07, 6.45) is 0. The molecule has 0 bridgehead atoms. The Kier molecular flexibility index (Phi) is 5.44. The van der Waals surface area contributed by atoms with Crippen molar-refractivity contribution in [3.8, 4) is 0 Å². The third kappa shape index (κ3) is 4.29. The molecule has 126 valence electrons. The van der Waals surface area contributed by atoms with Gasteiger partial charge in [-0.2, -0.15) is 0 Å². The monoisotopic (exact) mass is 428 g/mol. The van der Waals surface area contributed by atoms with E-state index in [1.807, 2.05) is 24.1 Å². The minimum atomic E-state index is -0.328. The lowest BCUT2D eigenvalue weighted by Crippen LogP contribution is -2.22. The molecule has 0 fully saturated rings. The molecule has 0 aliphatic carbocycles. The largest absolute Gasteiger partial charge is 0.453 e. The highest BCUT2D eigenvalue weighted by Crippen LogP contribution is 2.22. The van der Waals surface area contributed by atoms with E-state index < -0.39 is 0 Å². The highest BCUT2D eigenvalue weighted by molar-refractivity contribution is 9.10. The van der Waals surface area contributed by atoms with Gasteiger partial charge >= 0.3 is 0 Å². The summed E-state index contributed by atoms with van der Waals surface area (Å²) in [6.45, 7) is 1.13. The molecule has 0 saturated heterocycles. The molecule has 0 unspecified atom stereocenters. The lowest BCUT2D eigenvalue weighted by Gasteiger charge is -2.14. The maximum atomic E-state index is 13.7. The first-order valence-corrected chi connectivity index (χ1v) is 9.05. The zero-order chi connectivity index (χ0) is 17.1. The average molecular weight is 429 g/mol. The zero-order valence-electron chi connectivity index (χ0n) is 12.7. The van der Waals surface area contributed by atoms with E-state index in [9.17, 15) is 4.39 Å². The third-order valence-corrected chi connectivity index (χ3v) is 4.80. The molecule has 0 aliphatic rings. The Hall–Kier alpha value is -1.55. The molecule has 0 spiro atoms. The molecule has 0 atom stereocenters. The van der Waals surface area contributed by atoms with Crippen LogP contribution in [-0.4, -0.2) is 21.7 Å². The second-order valence-electron chi connectivity index (χ2n) is 5.14. The summed E-state index contributed by atoms with van der Waals surface area (Å²) in [6, 6.07) is 10.2. The summed E-state index contributed by atoms with van der Waals surface area (Å²) in [4.78, 5) is 2.02. The number of halogens is 2. The van der Waals surface area contributed by atoms with Gasteiger partial charge < -0.3 is 9.73 Å². The number of rotatable bonds is 6. The van der Waals surface area contributed by atoms with Gasteiger partial charge in [-0.1, -0.05) is 23.5 Å². The Balaban J connectivity index is 1.67. The van der Waals surface area contributed by atoms with Gasteiger partial charge in [-0.05, 0) is 59.5 Å². The summed E-state index contributed by atoms with van der Waals surface area (Å²) in [5, 5.41) is 7.92. The van der Waals surface area contributed by atoms with Crippen molar-refractivity contribution in [2.75, 3.05) is 12.4 Å². The zero-order valence-corrected chi connectivity index (χ0v) is 15.9. The molecule has 3 rings (SSSR count). The molecule has 1 N–H and O–H groups in total. The fourth-order valence-corrected chi connectivity index (χ4v) is 3.45. The summed E-state index contributed by atoms with van der Waals surface area (Å²) >= 11 is 9.92.